The second-order valence-electron chi connectivity index (χ2n) is 8.14. The number of nitrogens with zero attached hydrogens (tertiary/aromatic N) is 4. The zero-order chi connectivity index (χ0) is 22.0. The molecule has 4 rings (SSSR count). The van der Waals surface area contributed by atoms with Crippen LogP contribution in [0.3, 0.4) is 0 Å². The van der Waals surface area contributed by atoms with Crippen molar-refractivity contribution < 1.29 is 14.3 Å². The van der Waals surface area contributed by atoms with Gasteiger partial charge < -0.3 is 19.7 Å². The van der Waals surface area contributed by atoms with Crippen molar-refractivity contribution in [2.75, 3.05) is 28.3 Å². The fourth-order valence-corrected chi connectivity index (χ4v) is 4.22. The largest absolute Gasteiger partial charge is 0.493 e. The Morgan fingerprint density at radius 1 is 1.06 bits per heavy atom. The van der Waals surface area contributed by atoms with Gasteiger partial charge in [0.2, 0.25) is 0 Å². The van der Waals surface area contributed by atoms with Crippen LogP contribution in [0.2, 0.25) is 0 Å². The summed E-state index contributed by atoms with van der Waals surface area (Å²) in [6, 6.07) is 10.0. The van der Waals surface area contributed by atoms with E-state index in [1.807, 2.05) is 24.3 Å². The summed E-state index contributed by atoms with van der Waals surface area (Å²) in [5, 5.41) is 7.71. The molecule has 3 aromatic rings. The fourth-order valence-electron chi connectivity index (χ4n) is 4.22. The predicted octanol–water partition coefficient (Wildman–Crippen LogP) is 3.02. The van der Waals surface area contributed by atoms with E-state index < -0.39 is 0 Å². The highest BCUT2D eigenvalue weighted by Gasteiger charge is 2.25. The maximum absolute atomic E-state index is 12.9. The number of ether oxygens (including phenoxy) is 2. The van der Waals surface area contributed by atoms with E-state index in [0.717, 1.165) is 36.9 Å². The van der Waals surface area contributed by atoms with Gasteiger partial charge in [0.25, 0.3) is 5.91 Å². The van der Waals surface area contributed by atoms with Crippen LogP contribution in [0.25, 0.3) is 16.9 Å². The maximum atomic E-state index is 12.9. The molecule has 0 unspecified atom stereocenters. The van der Waals surface area contributed by atoms with Gasteiger partial charge in [0, 0.05) is 29.9 Å². The van der Waals surface area contributed by atoms with E-state index in [-0.39, 0.29) is 11.9 Å². The van der Waals surface area contributed by atoms with Crippen LogP contribution in [0.1, 0.15) is 36.2 Å². The van der Waals surface area contributed by atoms with Crippen molar-refractivity contribution in [3.63, 3.8) is 0 Å². The molecule has 0 radical (unpaired) electrons. The van der Waals surface area contributed by atoms with Gasteiger partial charge in [-0.2, -0.15) is 5.10 Å². The normalized spacial score (nSPS) is 18.9. The third-order valence-electron chi connectivity index (χ3n) is 6.03. The smallest absolute Gasteiger partial charge is 0.272 e. The van der Waals surface area contributed by atoms with E-state index in [2.05, 4.69) is 34.4 Å². The Morgan fingerprint density at radius 3 is 2.48 bits per heavy atom. The van der Waals surface area contributed by atoms with Crippen molar-refractivity contribution in [1.82, 2.24) is 24.8 Å². The highest BCUT2D eigenvalue weighted by molar-refractivity contribution is 5.93. The molecule has 0 saturated heterocycles. The lowest BCUT2D eigenvalue weighted by molar-refractivity contribution is 0.0911. The monoisotopic (exact) mass is 423 g/mol. The van der Waals surface area contributed by atoms with Gasteiger partial charge in [-0.05, 0) is 64.0 Å². The first-order valence-electron chi connectivity index (χ1n) is 10.5. The van der Waals surface area contributed by atoms with Crippen molar-refractivity contribution in [1.29, 1.82) is 0 Å². The average molecular weight is 424 g/mol. The molecule has 1 amide bonds. The molecule has 0 aliphatic heterocycles. The summed E-state index contributed by atoms with van der Waals surface area (Å²) in [5.74, 6) is 1.13. The molecule has 1 aliphatic carbocycles. The van der Waals surface area contributed by atoms with Crippen LogP contribution >= 0.6 is 0 Å². The zero-order valence-corrected chi connectivity index (χ0v) is 18.5. The number of carbonyl (C=O) groups is 1. The van der Waals surface area contributed by atoms with E-state index in [4.69, 9.17) is 9.47 Å². The molecule has 8 heteroatoms. The molecule has 164 valence electrons. The number of rotatable bonds is 6. The quantitative estimate of drug-likeness (QED) is 0.656. The minimum Gasteiger partial charge on any atom is -0.493 e. The van der Waals surface area contributed by atoms with Gasteiger partial charge in [0.05, 0.1) is 19.9 Å². The van der Waals surface area contributed by atoms with E-state index in [0.29, 0.717) is 28.9 Å². The van der Waals surface area contributed by atoms with Crippen LogP contribution in [-0.4, -0.2) is 65.8 Å². The van der Waals surface area contributed by atoms with Crippen LogP contribution < -0.4 is 14.8 Å². The van der Waals surface area contributed by atoms with Crippen molar-refractivity contribution in [3.05, 3.63) is 42.2 Å². The molecule has 0 spiro atoms. The maximum Gasteiger partial charge on any atom is 0.272 e. The number of fused-ring (bicyclic) bond motifs is 1. The molecule has 1 fully saturated rings. The van der Waals surface area contributed by atoms with Crippen LogP contribution in [-0.2, 0) is 0 Å². The Labute approximate surface area is 182 Å². The number of hydrogen-bond acceptors (Lipinski definition) is 6. The zero-order valence-electron chi connectivity index (χ0n) is 18.5. The number of nitrogens with one attached hydrogen (secondary N) is 1. The van der Waals surface area contributed by atoms with Crippen LogP contribution in [0.15, 0.2) is 36.5 Å². The lowest BCUT2D eigenvalue weighted by atomic mass is 9.90. The Kier molecular flexibility index (Phi) is 6.08. The van der Waals surface area contributed by atoms with Crippen molar-refractivity contribution in [3.8, 4) is 22.8 Å². The Balaban J connectivity index is 1.56. The molecule has 31 heavy (non-hydrogen) atoms. The standard InChI is InChI=1S/C23H29N5O3/c1-27(2)17-8-6-16(7-9-17)25-23(29)18-14-22-24-12-11-19(28(22)26-18)15-5-10-20(30-3)21(13-15)31-4/h5,10-14,16-17H,6-9H2,1-4H3,(H,25,29). The lowest BCUT2D eigenvalue weighted by Gasteiger charge is -2.32. The van der Waals surface area contributed by atoms with Gasteiger partial charge >= 0.3 is 0 Å². The van der Waals surface area contributed by atoms with Gasteiger partial charge in [-0.15, -0.1) is 0 Å². The average Bonchev–Trinajstić information content (AvgIpc) is 3.23. The second-order valence-corrected chi connectivity index (χ2v) is 8.14. The number of hydrogen-bond donors (Lipinski definition) is 1. The first kappa shape index (κ1) is 21.1. The Bertz CT molecular complexity index is 1070. The van der Waals surface area contributed by atoms with Crippen molar-refractivity contribution >= 4 is 11.6 Å². The number of methoxy groups -OCH3 is 2. The van der Waals surface area contributed by atoms with Crippen molar-refractivity contribution in [2.24, 2.45) is 0 Å². The molecule has 1 N–H and O–H groups in total. The summed E-state index contributed by atoms with van der Waals surface area (Å²) >= 11 is 0. The van der Waals surface area contributed by atoms with Gasteiger partial charge in [-0.25, -0.2) is 9.50 Å². The van der Waals surface area contributed by atoms with E-state index in [1.165, 1.54) is 0 Å². The Hall–Kier alpha value is -3.13. The van der Waals surface area contributed by atoms with Gasteiger partial charge in [0.1, 0.15) is 0 Å². The molecular formula is C23H29N5O3. The van der Waals surface area contributed by atoms with Crippen LogP contribution in [0.4, 0.5) is 0 Å². The third kappa shape index (κ3) is 4.34. The first-order valence-corrected chi connectivity index (χ1v) is 10.5. The van der Waals surface area contributed by atoms with Gasteiger partial charge in [0.15, 0.2) is 22.8 Å². The summed E-state index contributed by atoms with van der Waals surface area (Å²) in [4.78, 5) is 19.5. The molecule has 1 aliphatic rings. The predicted molar refractivity (Wildman–Crippen MR) is 119 cm³/mol. The summed E-state index contributed by atoms with van der Waals surface area (Å²) in [6.07, 6.45) is 5.86. The van der Waals surface area contributed by atoms with Gasteiger partial charge in [-0.1, -0.05) is 0 Å². The number of amides is 1. The molecule has 2 aromatic heterocycles. The van der Waals surface area contributed by atoms with Crippen molar-refractivity contribution in [2.45, 2.75) is 37.8 Å². The highest BCUT2D eigenvalue weighted by atomic mass is 16.5. The number of aromatic nitrogens is 3. The Morgan fingerprint density at radius 2 is 1.81 bits per heavy atom. The highest BCUT2D eigenvalue weighted by Crippen LogP contribution is 2.32. The molecular weight excluding hydrogens is 394 g/mol. The summed E-state index contributed by atoms with van der Waals surface area (Å²) in [6.45, 7) is 0. The van der Waals surface area contributed by atoms with Crippen LogP contribution in [0.5, 0.6) is 11.5 Å². The number of benzene rings is 1. The second kappa shape index (κ2) is 8.93. The third-order valence-corrected chi connectivity index (χ3v) is 6.03. The topological polar surface area (TPSA) is 81.0 Å². The SMILES string of the molecule is COc1ccc(-c2ccnc3cc(C(=O)NC4CCC(N(C)C)CC4)nn23)cc1OC. The van der Waals surface area contributed by atoms with E-state index in [9.17, 15) is 4.79 Å². The minimum atomic E-state index is -0.155. The summed E-state index contributed by atoms with van der Waals surface area (Å²) in [5.41, 5.74) is 2.70. The molecule has 8 nitrogen and oxygen atoms in total. The van der Waals surface area contributed by atoms with Gasteiger partial charge in [-0.3, -0.25) is 4.79 Å². The molecule has 0 atom stereocenters. The van der Waals surface area contributed by atoms with E-state index in [1.54, 1.807) is 31.0 Å². The molecule has 0 bridgehead atoms. The molecule has 1 saturated carbocycles. The summed E-state index contributed by atoms with van der Waals surface area (Å²) < 4.78 is 12.4. The summed E-state index contributed by atoms with van der Waals surface area (Å²) in [7, 11) is 7.44. The first-order chi connectivity index (χ1) is 15.0. The van der Waals surface area contributed by atoms with Crippen LogP contribution in [0, 0.1) is 0 Å². The number of carbonyl (C=O) groups excluding carboxylic acids is 1. The lowest BCUT2D eigenvalue weighted by Crippen LogP contribution is -2.41. The fraction of sp³-hybridized carbons (Fsp3) is 0.435. The molecule has 2 heterocycles. The van der Waals surface area contributed by atoms with E-state index >= 15 is 0 Å². The minimum absolute atomic E-state index is 0.155. The molecule has 1 aromatic carbocycles.